The molecule has 2 heterocycles. The Bertz CT molecular complexity index is 785. The Labute approximate surface area is 166 Å². The molecule has 0 unspecified atom stereocenters. The zero-order chi connectivity index (χ0) is 20.1. The van der Waals surface area contributed by atoms with Crippen LogP contribution < -0.4 is 4.74 Å². The highest BCUT2D eigenvalue weighted by Crippen LogP contribution is 2.33. The number of likely N-dealkylation sites (tertiary alicyclic amines) is 1. The smallest absolute Gasteiger partial charge is 0.254 e. The van der Waals surface area contributed by atoms with Crippen molar-refractivity contribution in [2.45, 2.75) is 25.4 Å². The molecule has 28 heavy (non-hydrogen) atoms. The van der Waals surface area contributed by atoms with Crippen molar-refractivity contribution < 1.29 is 14.3 Å². The van der Waals surface area contributed by atoms with Gasteiger partial charge >= 0.3 is 0 Å². The molecule has 7 nitrogen and oxygen atoms in total. The summed E-state index contributed by atoms with van der Waals surface area (Å²) in [6.45, 7) is 2.62. The van der Waals surface area contributed by atoms with Gasteiger partial charge in [-0.25, -0.2) is 0 Å². The van der Waals surface area contributed by atoms with Crippen LogP contribution in [-0.4, -0.2) is 66.5 Å². The van der Waals surface area contributed by atoms with Crippen LogP contribution in [0, 0.1) is 0 Å². The third kappa shape index (κ3) is 4.72. The molecule has 1 aliphatic rings. The lowest BCUT2D eigenvalue weighted by Crippen LogP contribution is -2.30. The number of nitrogens with zero attached hydrogens (tertiary/aromatic N) is 4. The zero-order valence-corrected chi connectivity index (χ0v) is 17.2. The van der Waals surface area contributed by atoms with Gasteiger partial charge in [0.15, 0.2) is 0 Å². The minimum atomic E-state index is 0.0345. The number of carbonyl (C=O) groups excluding carboxylic acids is 1. The van der Waals surface area contributed by atoms with Crippen LogP contribution in [-0.2, 0) is 18.3 Å². The van der Waals surface area contributed by atoms with E-state index in [4.69, 9.17) is 14.6 Å². The predicted octanol–water partition coefficient (Wildman–Crippen LogP) is 2.48. The largest absolute Gasteiger partial charge is 0.491 e. The van der Waals surface area contributed by atoms with Crippen molar-refractivity contribution in [1.82, 2.24) is 19.6 Å². The molecule has 152 valence electrons. The van der Waals surface area contributed by atoms with Gasteiger partial charge in [-0.15, -0.1) is 0 Å². The monoisotopic (exact) mass is 386 g/mol. The van der Waals surface area contributed by atoms with Gasteiger partial charge in [0.25, 0.3) is 5.91 Å². The second-order valence-electron chi connectivity index (χ2n) is 7.44. The van der Waals surface area contributed by atoms with Gasteiger partial charge in [0, 0.05) is 32.8 Å². The molecule has 0 aliphatic carbocycles. The molecule has 1 fully saturated rings. The SMILES string of the molecule is COCCOc1ccc(C(=O)N2CCC[C@H]2c2cc(CN(C)C)n(C)n2)cc1. The Balaban J connectivity index is 1.71. The van der Waals surface area contributed by atoms with E-state index < -0.39 is 0 Å². The van der Waals surface area contributed by atoms with Gasteiger partial charge in [0.05, 0.1) is 24.0 Å². The van der Waals surface area contributed by atoms with E-state index in [-0.39, 0.29) is 11.9 Å². The molecule has 1 aliphatic heterocycles. The van der Waals surface area contributed by atoms with Crippen molar-refractivity contribution in [1.29, 1.82) is 0 Å². The molecule has 0 N–H and O–H groups in total. The summed E-state index contributed by atoms with van der Waals surface area (Å²) in [6.07, 6.45) is 1.94. The summed E-state index contributed by atoms with van der Waals surface area (Å²) in [5.74, 6) is 0.787. The molecule has 1 saturated heterocycles. The standard InChI is InChI=1S/C21H30N4O3/c1-23(2)15-17-14-19(22-24(17)3)20-6-5-11-25(20)21(26)16-7-9-18(10-8-16)28-13-12-27-4/h7-10,14,20H,5-6,11-13,15H2,1-4H3/t20-/m0/s1. The lowest BCUT2D eigenvalue weighted by atomic mass is 10.1. The Morgan fingerprint density at radius 2 is 2.00 bits per heavy atom. The first-order valence-electron chi connectivity index (χ1n) is 9.70. The molecule has 1 amide bonds. The maximum Gasteiger partial charge on any atom is 0.254 e. The third-order valence-electron chi connectivity index (χ3n) is 4.99. The van der Waals surface area contributed by atoms with Crippen LogP contribution in [0.4, 0.5) is 0 Å². The molecule has 0 spiro atoms. The van der Waals surface area contributed by atoms with Crippen LogP contribution in [0.1, 0.15) is 40.6 Å². The summed E-state index contributed by atoms with van der Waals surface area (Å²) in [7, 11) is 7.69. The Hall–Kier alpha value is -2.38. The highest BCUT2D eigenvalue weighted by molar-refractivity contribution is 5.94. The summed E-state index contributed by atoms with van der Waals surface area (Å²) < 4.78 is 12.5. The number of methoxy groups -OCH3 is 1. The molecule has 2 aromatic rings. The fourth-order valence-electron chi connectivity index (χ4n) is 3.58. The van der Waals surface area contributed by atoms with E-state index in [9.17, 15) is 4.79 Å². The zero-order valence-electron chi connectivity index (χ0n) is 17.2. The van der Waals surface area contributed by atoms with E-state index in [1.807, 2.05) is 55.0 Å². The summed E-state index contributed by atoms with van der Waals surface area (Å²) in [5, 5.41) is 4.69. The number of rotatable bonds is 8. The topological polar surface area (TPSA) is 59.8 Å². The average molecular weight is 386 g/mol. The summed E-state index contributed by atoms with van der Waals surface area (Å²) >= 11 is 0. The molecule has 0 bridgehead atoms. The molecule has 0 saturated carbocycles. The molecule has 0 radical (unpaired) electrons. The van der Waals surface area contributed by atoms with Gasteiger partial charge < -0.3 is 19.3 Å². The third-order valence-corrected chi connectivity index (χ3v) is 4.99. The van der Waals surface area contributed by atoms with E-state index in [1.54, 1.807) is 7.11 Å². The van der Waals surface area contributed by atoms with Gasteiger partial charge in [0.1, 0.15) is 12.4 Å². The second-order valence-corrected chi connectivity index (χ2v) is 7.44. The van der Waals surface area contributed by atoms with Crippen molar-refractivity contribution in [3.8, 4) is 5.75 Å². The van der Waals surface area contributed by atoms with Crippen LogP contribution in [0.15, 0.2) is 30.3 Å². The Morgan fingerprint density at radius 3 is 2.68 bits per heavy atom. The Morgan fingerprint density at radius 1 is 1.25 bits per heavy atom. The fourth-order valence-corrected chi connectivity index (χ4v) is 3.58. The van der Waals surface area contributed by atoms with Gasteiger partial charge in [-0.1, -0.05) is 0 Å². The van der Waals surface area contributed by atoms with E-state index in [2.05, 4.69) is 11.0 Å². The van der Waals surface area contributed by atoms with Crippen molar-refractivity contribution in [3.05, 3.63) is 47.3 Å². The first-order chi connectivity index (χ1) is 13.5. The van der Waals surface area contributed by atoms with Gasteiger partial charge in [-0.05, 0) is 57.3 Å². The lowest BCUT2D eigenvalue weighted by molar-refractivity contribution is 0.0732. The maximum atomic E-state index is 13.1. The van der Waals surface area contributed by atoms with Crippen LogP contribution in [0.3, 0.4) is 0 Å². The molecular formula is C21H30N4O3. The van der Waals surface area contributed by atoms with Gasteiger partial charge in [-0.2, -0.15) is 5.10 Å². The van der Waals surface area contributed by atoms with Crippen molar-refractivity contribution in [2.75, 3.05) is 41.0 Å². The minimum Gasteiger partial charge on any atom is -0.491 e. The van der Waals surface area contributed by atoms with Crippen molar-refractivity contribution in [3.63, 3.8) is 0 Å². The maximum absolute atomic E-state index is 13.1. The number of amides is 1. The quantitative estimate of drug-likeness (QED) is 0.653. The lowest BCUT2D eigenvalue weighted by Gasteiger charge is -2.23. The number of ether oxygens (including phenoxy) is 2. The van der Waals surface area contributed by atoms with Crippen LogP contribution in [0.2, 0.25) is 0 Å². The first kappa shape index (κ1) is 20.4. The van der Waals surface area contributed by atoms with Crippen LogP contribution in [0.25, 0.3) is 0 Å². The molecule has 1 atom stereocenters. The number of benzene rings is 1. The normalized spacial score (nSPS) is 16.8. The highest BCUT2D eigenvalue weighted by Gasteiger charge is 2.32. The van der Waals surface area contributed by atoms with E-state index >= 15 is 0 Å². The van der Waals surface area contributed by atoms with Crippen LogP contribution in [0.5, 0.6) is 5.75 Å². The number of hydrogen-bond acceptors (Lipinski definition) is 5. The highest BCUT2D eigenvalue weighted by atomic mass is 16.5. The molecule has 1 aromatic carbocycles. The fraction of sp³-hybridized carbons (Fsp3) is 0.524. The molecule has 1 aromatic heterocycles. The first-order valence-corrected chi connectivity index (χ1v) is 9.70. The second kappa shape index (κ2) is 9.21. The van der Waals surface area contributed by atoms with E-state index in [0.717, 1.165) is 43.1 Å². The van der Waals surface area contributed by atoms with Crippen molar-refractivity contribution in [2.24, 2.45) is 7.05 Å². The van der Waals surface area contributed by atoms with Gasteiger partial charge in [0.2, 0.25) is 0 Å². The molecule has 3 rings (SSSR count). The number of aryl methyl sites for hydroxylation is 1. The van der Waals surface area contributed by atoms with Gasteiger partial charge in [-0.3, -0.25) is 9.48 Å². The molecule has 7 heteroatoms. The summed E-state index contributed by atoms with van der Waals surface area (Å²) in [6, 6.07) is 9.50. The number of hydrogen-bond donors (Lipinski definition) is 0. The van der Waals surface area contributed by atoms with E-state index in [1.165, 1.54) is 0 Å². The number of carbonyl (C=O) groups is 1. The summed E-state index contributed by atoms with van der Waals surface area (Å²) in [5.41, 5.74) is 2.80. The average Bonchev–Trinajstić information content (AvgIpc) is 3.29. The molecular weight excluding hydrogens is 356 g/mol. The van der Waals surface area contributed by atoms with Crippen molar-refractivity contribution >= 4 is 5.91 Å². The van der Waals surface area contributed by atoms with Crippen LogP contribution >= 0.6 is 0 Å². The van der Waals surface area contributed by atoms with E-state index in [0.29, 0.717) is 18.8 Å². The Kier molecular flexibility index (Phi) is 6.70. The predicted molar refractivity (Wildman–Crippen MR) is 107 cm³/mol. The number of aromatic nitrogens is 2. The summed E-state index contributed by atoms with van der Waals surface area (Å²) in [4.78, 5) is 17.2. The minimum absolute atomic E-state index is 0.0345.